The first kappa shape index (κ1) is 13.0. The first-order chi connectivity index (χ1) is 8.99. The Morgan fingerprint density at radius 3 is 2.68 bits per heavy atom. The van der Waals surface area contributed by atoms with Crippen molar-refractivity contribution in [1.29, 1.82) is 0 Å². The van der Waals surface area contributed by atoms with Gasteiger partial charge in [0.15, 0.2) is 0 Å². The highest BCUT2D eigenvalue weighted by Crippen LogP contribution is 2.21. The minimum Gasteiger partial charge on any atom is -0.477 e. The van der Waals surface area contributed by atoms with Crippen LogP contribution in [0.5, 0.6) is 0 Å². The highest BCUT2D eigenvalue weighted by Gasteiger charge is 2.16. The minimum absolute atomic E-state index is 0.0433. The molecule has 0 aliphatic rings. The number of carboxylic acids is 1. The number of hydrogen-bond acceptors (Lipinski definition) is 4. The first-order valence-electron chi connectivity index (χ1n) is 5.49. The molecule has 7 heteroatoms. The number of fused-ring (bicyclic) bond motifs is 1. The number of carboxylic acid groups (broad SMARTS) is 1. The van der Waals surface area contributed by atoms with Crippen LogP contribution in [0.25, 0.3) is 10.9 Å². The molecule has 0 amide bonds. The van der Waals surface area contributed by atoms with E-state index in [2.05, 4.69) is 0 Å². The number of rotatable bonds is 3. The summed E-state index contributed by atoms with van der Waals surface area (Å²) in [5, 5.41) is 17.7. The monoisotopic (exact) mass is 266 g/mol. The maximum absolute atomic E-state index is 13.6. The van der Waals surface area contributed by atoms with Crippen LogP contribution in [-0.2, 0) is 6.54 Å². The van der Waals surface area contributed by atoms with Gasteiger partial charge in [0.1, 0.15) is 11.4 Å². The second kappa shape index (κ2) is 4.69. The van der Waals surface area contributed by atoms with Crippen LogP contribution in [0, 0.1) is 5.82 Å². The molecule has 0 saturated heterocycles. The number of aromatic carboxylic acids is 1. The summed E-state index contributed by atoms with van der Waals surface area (Å²) < 4.78 is 15.1. The van der Waals surface area contributed by atoms with E-state index in [1.807, 2.05) is 0 Å². The van der Waals surface area contributed by atoms with Crippen LogP contribution in [0.3, 0.4) is 0 Å². The second-order valence-corrected chi connectivity index (χ2v) is 3.92. The lowest BCUT2D eigenvalue weighted by molar-refractivity contribution is 0.0695. The fourth-order valence-corrected chi connectivity index (χ4v) is 1.91. The van der Waals surface area contributed by atoms with Gasteiger partial charge < -0.3 is 9.67 Å². The molecule has 0 aliphatic carbocycles. The van der Waals surface area contributed by atoms with Gasteiger partial charge in [-0.3, -0.25) is 15.5 Å². The maximum atomic E-state index is 13.6. The minimum atomic E-state index is -1.36. The van der Waals surface area contributed by atoms with Crippen LogP contribution in [0.15, 0.2) is 23.1 Å². The Hall–Kier alpha value is -2.41. The molecule has 1 aromatic heterocycles. The van der Waals surface area contributed by atoms with Gasteiger partial charge in [0.05, 0.1) is 11.2 Å². The van der Waals surface area contributed by atoms with E-state index in [-0.39, 0.29) is 11.1 Å². The molecule has 2 rings (SSSR count). The number of carbonyl (C=O) groups is 1. The Balaban J connectivity index is 2.95. The molecule has 3 N–H and O–H groups in total. The zero-order valence-electron chi connectivity index (χ0n) is 9.98. The van der Waals surface area contributed by atoms with Crippen molar-refractivity contribution in [3.63, 3.8) is 0 Å². The van der Waals surface area contributed by atoms with Gasteiger partial charge in [0.25, 0.3) is 0 Å². The van der Waals surface area contributed by atoms with E-state index in [0.717, 1.165) is 6.07 Å². The van der Waals surface area contributed by atoms with Crippen molar-refractivity contribution in [3.05, 3.63) is 39.9 Å². The van der Waals surface area contributed by atoms with Gasteiger partial charge in [-0.15, -0.1) is 0 Å². The number of benzene rings is 1. The highest BCUT2D eigenvalue weighted by molar-refractivity contribution is 5.93. The number of nitrogens with zero attached hydrogens (tertiary/aromatic N) is 1. The predicted molar refractivity (Wildman–Crippen MR) is 66.2 cm³/mol. The third-order valence-corrected chi connectivity index (χ3v) is 2.86. The van der Waals surface area contributed by atoms with E-state index >= 15 is 0 Å². The van der Waals surface area contributed by atoms with E-state index in [0.29, 0.717) is 12.1 Å². The standard InChI is InChI=1S/C12H11FN2O4/c1-2-15-5-7(12(17)18)11(16)6-3-8(13)9(14-19)4-10(6)15/h3-5,14,19H,2H2,1H3,(H,17,18). The van der Waals surface area contributed by atoms with Gasteiger partial charge in [-0.2, -0.15) is 0 Å². The Morgan fingerprint density at radius 2 is 2.16 bits per heavy atom. The Kier molecular flexibility index (Phi) is 3.22. The normalized spacial score (nSPS) is 10.7. The number of anilines is 1. The maximum Gasteiger partial charge on any atom is 0.341 e. The number of nitrogens with one attached hydrogen (secondary N) is 1. The molecule has 0 aliphatic heterocycles. The number of hydrogen-bond donors (Lipinski definition) is 3. The summed E-state index contributed by atoms with van der Waals surface area (Å²) in [6, 6.07) is 2.16. The van der Waals surface area contributed by atoms with Gasteiger partial charge in [-0.1, -0.05) is 0 Å². The largest absolute Gasteiger partial charge is 0.477 e. The summed E-state index contributed by atoms with van der Waals surface area (Å²) in [4.78, 5) is 22.9. The summed E-state index contributed by atoms with van der Waals surface area (Å²) >= 11 is 0. The van der Waals surface area contributed by atoms with Crippen LogP contribution >= 0.6 is 0 Å². The second-order valence-electron chi connectivity index (χ2n) is 3.92. The molecule has 0 fully saturated rings. The lowest BCUT2D eigenvalue weighted by Crippen LogP contribution is -2.19. The van der Waals surface area contributed by atoms with Gasteiger partial charge in [-0.05, 0) is 19.1 Å². The van der Waals surface area contributed by atoms with E-state index in [1.165, 1.54) is 16.8 Å². The average Bonchev–Trinajstić information content (AvgIpc) is 2.38. The summed E-state index contributed by atoms with van der Waals surface area (Å²) in [5.41, 5.74) is 0.677. The molecular formula is C12H11FN2O4. The predicted octanol–water partition coefficient (Wildman–Crippen LogP) is 1.66. The van der Waals surface area contributed by atoms with Gasteiger partial charge in [0, 0.05) is 18.1 Å². The zero-order chi connectivity index (χ0) is 14.2. The van der Waals surface area contributed by atoms with E-state index in [1.54, 1.807) is 12.4 Å². The molecule has 0 spiro atoms. The van der Waals surface area contributed by atoms with E-state index < -0.39 is 22.8 Å². The molecule has 1 aromatic carbocycles. The van der Waals surface area contributed by atoms with Crippen molar-refractivity contribution in [1.82, 2.24) is 4.57 Å². The molecule has 2 aromatic rings. The van der Waals surface area contributed by atoms with Gasteiger partial charge in [0.2, 0.25) is 5.43 Å². The zero-order valence-corrected chi connectivity index (χ0v) is 9.98. The van der Waals surface area contributed by atoms with Crippen molar-refractivity contribution < 1.29 is 19.5 Å². The van der Waals surface area contributed by atoms with Crippen LogP contribution in [0.1, 0.15) is 17.3 Å². The summed E-state index contributed by atoms with van der Waals surface area (Å²) in [5.74, 6) is -2.20. The van der Waals surface area contributed by atoms with Crippen LogP contribution in [0.4, 0.5) is 10.1 Å². The molecule has 6 nitrogen and oxygen atoms in total. The fraction of sp³-hybridized carbons (Fsp3) is 0.167. The quantitative estimate of drug-likeness (QED) is 0.735. The molecule has 100 valence electrons. The topological polar surface area (TPSA) is 91.6 Å². The fourth-order valence-electron chi connectivity index (χ4n) is 1.91. The van der Waals surface area contributed by atoms with Crippen molar-refractivity contribution in [2.75, 3.05) is 5.48 Å². The molecular weight excluding hydrogens is 255 g/mol. The van der Waals surface area contributed by atoms with Gasteiger partial charge >= 0.3 is 5.97 Å². The third kappa shape index (κ3) is 2.04. The smallest absolute Gasteiger partial charge is 0.341 e. The lowest BCUT2D eigenvalue weighted by atomic mass is 10.1. The number of pyridine rings is 1. The molecule has 0 atom stereocenters. The van der Waals surface area contributed by atoms with Crippen molar-refractivity contribution >= 4 is 22.6 Å². The van der Waals surface area contributed by atoms with Crippen LogP contribution in [0.2, 0.25) is 0 Å². The Labute approximate surface area is 106 Å². The Bertz CT molecular complexity index is 724. The number of aryl methyl sites for hydroxylation is 1. The van der Waals surface area contributed by atoms with Crippen molar-refractivity contribution in [2.24, 2.45) is 0 Å². The summed E-state index contributed by atoms with van der Waals surface area (Å²) in [6.45, 7) is 2.15. The van der Waals surface area contributed by atoms with Crippen molar-refractivity contribution in [3.8, 4) is 0 Å². The van der Waals surface area contributed by atoms with Crippen LogP contribution < -0.4 is 10.9 Å². The van der Waals surface area contributed by atoms with Gasteiger partial charge in [-0.25, -0.2) is 9.18 Å². The molecule has 0 bridgehead atoms. The van der Waals surface area contributed by atoms with Crippen molar-refractivity contribution in [2.45, 2.75) is 13.5 Å². The summed E-state index contributed by atoms with van der Waals surface area (Å²) in [6.07, 6.45) is 1.20. The molecule has 0 radical (unpaired) electrons. The first-order valence-corrected chi connectivity index (χ1v) is 5.49. The lowest BCUT2D eigenvalue weighted by Gasteiger charge is -2.11. The number of halogens is 1. The third-order valence-electron chi connectivity index (χ3n) is 2.86. The highest BCUT2D eigenvalue weighted by atomic mass is 19.1. The van der Waals surface area contributed by atoms with E-state index in [4.69, 9.17) is 10.3 Å². The van der Waals surface area contributed by atoms with E-state index in [9.17, 15) is 14.0 Å². The molecule has 0 unspecified atom stereocenters. The Morgan fingerprint density at radius 1 is 1.47 bits per heavy atom. The molecule has 19 heavy (non-hydrogen) atoms. The average molecular weight is 266 g/mol. The summed E-state index contributed by atoms with van der Waals surface area (Å²) in [7, 11) is 0. The number of aromatic nitrogens is 1. The molecule has 0 saturated carbocycles. The van der Waals surface area contributed by atoms with Crippen LogP contribution in [-0.4, -0.2) is 20.9 Å². The molecule has 1 heterocycles. The SMILES string of the molecule is CCn1cc(C(=O)O)c(=O)c2cc(F)c(NO)cc21.